The van der Waals surface area contributed by atoms with Crippen LogP contribution in [0.5, 0.6) is 5.75 Å². The van der Waals surface area contributed by atoms with Gasteiger partial charge in [-0.3, -0.25) is 0 Å². The molecule has 0 spiro atoms. The third-order valence-electron chi connectivity index (χ3n) is 3.77. The van der Waals surface area contributed by atoms with Crippen LogP contribution in [0, 0.1) is 6.92 Å². The van der Waals surface area contributed by atoms with Gasteiger partial charge < -0.3 is 14.7 Å². The number of benzene rings is 2. The zero-order valence-electron chi connectivity index (χ0n) is 11.9. The summed E-state index contributed by atoms with van der Waals surface area (Å²) in [6.07, 6.45) is -0.909. The Kier molecular flexibility index (Phi) is 3.52. The maximum absolute atomic E-state index is 11.2. The molecule has 0 saturated carbocycles. The number of ether oxygens (including phenoxy) is 1. The lowest BCUT2D eigenvalue weighted by atomic mass is 9.98. The minimum Gasteiger partial charge on any atom is -0.491 e. The van der Waals surface area contributed by atoms with Crippen LogP contribution in [-0.4, -0.2) is 29.3 Å². The summed E-state index contributed by atoms with van der Waals surface area (Å²) in [4.78, 5) is 12.6. The number of hydrogen-bond donors (Lipinski definition) is 1. The van der Waals surface area contributed by atoms with E-state index in [2.05, 4.69) is 19.1 Å². The molecule has 3 rings (SSSR count). The number of carbonyl (C=O) groups is 1. The highest BCUT2D eigenvalue weighted by Crippen LogP contribution is 2.30. The number of carboxylic acid groups (broad SMARTS) is 1. The maximum atomic E-state index is 11.2. The van der Waals surface area contributed by atoms with E-state index in [1.54, 1.807) is 0 Å². The molecule has 1 N–H and O–H groups in total. The average Bonchev–Trinajstić information content (AvgIpc) is 2.69. The van der Waals surface area contributed by atoms with E-state index in [1.165, 1.54) is 10.5 Å². The van der Waals surface area contributed by atoms with Crippen LogP contribution < -0.4 is 4.74 Å². The molecule has 21 heavy (non-hydrogen) atoms. The van der Waals surface area contributed by atoms with E-state index in [4.69, 9.17) is 4.74 Å². The topological polar surface area (TPSA) is 49.8 Å². The van der Waals surface area contributed by atoms with Crippen molar-refractivity contribution in [3.63, 3.8) is 0 Å². The summed E-state index contributed by atoms with van der Waals surface area (Å²) in [5.74, 6) is 0.774. The standard InChI is InChI=1S/C17H17NO3/c1-12-4-2-3-5-15(12)13-6-7-16-14(10-13)11-18(17(19)20)8-9-21-16/h2-7,10H,8-9,11H2,1H3,(H,19,20). The first kappa shape index (κ1) is 13.5. The molecular formula is C17H17NO3. The number of aryl methyl sites for hydroxylation is 1. The predicted octanol–water partition coefficient (Wildman–Crippen LogP) is 3.53. The molecule has 2 aromatic carbocycles. The third kappa shape index (κ3) is 2.70. The van der Waals surface area contributed by atoms with E-state index in [-0.39, 0.29) is 0 Å². The Balaban J connectivity index is 2.01. The van der Waals surface area contributed by atoms with Crippen molar-refractivity contribution in [2.45, 2.75) is 13.5 Å². The van der Waals surface area contributed by atoms with Crippen molar-refractivity contribution in [2.75, 3.05) is 13.2 Å². The molecule has 0 aromatic heterocycles. The van der Waals surface area contributed by atoms with E-state index in [9.17, 15) is 9.90 Å². The van der Waals surface area contributed by atoms with Gasteiger partial charge in [-0.1, -0.05) is 30.3 Å². The molecule has 4 nitrogen and oxygen atoms in total. The highest BCUT2D eigenvalue weighted by Gasteiger charge is 2.19. The fourth-order valence-corrected chi connectivity index (χ4v) is 2.62. The van der Waals surface area contributed by atoms with E-state index < -0.39 is 6.09 Å². The van der Waals surface area contributed by atoms with Crippen LogP contribution >= 0.6 is 0 Å². The van der Waals surface area contributed by atoms with Gasteiger partial charge in [-0.25, -0.2) is 4.79 Å². The highest BCUT2D eigenvalue weighted by atomic mass is 16.5. The lowest BCUT2D eigenvalue weighted by Crippen LogP contribution is -2.30. The van der Waals surface area contributed by atoms with Crippen LogP contribution in [0.3, 0.4) is 0 Å². The Hall–Kier alpha value is -2.49. The smallest absolute Gasteiger partial charge is 0.407 e. The SMILES string of the molecule is Cc1ccccc1-c1ccc2c(c1)CN(C(=O)O)CCO2. The number of rotatable bonds is 1. The molecular weight excluding hydrogens is 266 g/mol. The van der Waals surface area contributed by atoms with Crippen LogP contribution in [0.2, 0.25) is 0 Å². The predicted molar refractivity (Wildman–Crippen MR) is 80.5 cm³/mol. The maximum Gasteiger partial charge on any atom is 0.407 e. The number of hydrogen-bond acceptors (Lipinski definition) is 2. The molecule has 0 bridgehead atoms. The van der Waals surface area contributed by atoms with Crippen LogP contribution in [0.1, 0.15) is 11.1 Å². The fraction of sp³-hybridized carbons (Fsp3) is 0.235. The van der Waals surface area contributed by atoms with Crippen LogP contribution in [0.4, 0.5) is 4.79 Å². The molecule has 1 amide bonds. The highest BCUT2D eigenvalue weighted by molar-refractivity contribution is 5.70. The van der Waals surface area contributed by atoms with Crippen molar-refractivity contribution in [1.29, 1.82) is 0 Å². The Morgan fingerprint density at radius 1 is 1.24 bits per heavy atom. The van der Waals surface area contributed by atoms with Gasteiger partial charge in [-0.2, -0.15) is 0 Å². The van der Waals surface area contributed by atoms with Crippen LogP contribution in [-0.2, 0) is 6.54 Å². The zero-order chi connectivity index (χ0) is 14.8. The first-order chi connectivity index (χ1) is 10.1. The molecule has 1 heterocycles. The Bertz CT molecular complexity index is 681. The molecule has 0 aliphatic carbocycles. The summed E-state index contributed by atoms with van der Waals surface area (Å²) in [7, 11) is 0. The van der Waals surface area contributed by atoms with Gasteiger partial charge in [0, 0.05) is 5.56 Å². The summed E-state index contributed by atoms with van der Waals surface area (Å²) in [5, 5.41) is 9.19. The van der Waals surface area contributed by atoms with Gasteiger partial charge >= 0.3 is 6.09 Å². The van der Waals surface area contributed by atoms with Gasteiger partial charge in [0.15, 0.2) is 0 Å². The van der Waals surface area contributed by atoms with Crippen LogP contribution in [0.25, 0.3) is 11.1 Å². The van der Waals surface area contributed by atoms with Gasteiger partial charge in [0.2, 0.25) is 0 Å². The second kappa shape index (κ2) is 5.48. The summed E-state index contributed by atoms with van der Waals surface area (Å²) in [6, 6.07) is 14.1. The van der Waals surface area contributed by atoms with E-state index in [0.29, 0.717) is 19.7 Å². The fourth-order valence-electron chi connectivity index (χ4n) is 2.62. The summed E-state index contributed by atoms with van der Waals surface area (Å²) < 4.78 is 5.64. The number of amides is 1. The first-order valence-electron chi connectivity index (χ1n) is 6.95. The van der Waals surface area contributed by atoms with Gasteiger partial charge in [-0.05, 0) is 35.7 Å². The van der Waals surface area contributed by atoms with Gasteiger partial charge in [0.05, 0.1) is 13.1 Å². The molecule has 0 atom stereocenters. The lowest BCUT2D eigenvalue weighted by molar-refractivity contribution is 0.138. The first-order valence-corrected chi connectivity index (χ1v) is 6.95. The van der Waals surface area contributed by atoms with Crippen molar-refractivity contribution < 1.29 is 14.6 Å². The molecule has 0 saturated heterocycles. The molecule has 0 fully saturated rings. The number of nitrogens with zero attached hydrogens (tertiary/aromatic N) is 1. The van der Waals surface area contributed by atoms with Gasteiger partial charge in [-0.15, -0.1) is 0 Å². The third-order valence-corrected chi connectivity index (χ3v) is 3.77. The molecule has 2 aromatic rings. The molecule has 1 aliphatic heterocycles. The minimum atomic E-state index is -0.909. The Morgan fingerprint density at radius 2 is 2.05 bits per heavy atom. The van der Waals surface area contributed by atoms with Crippen molar-refractivity contribution in [3.8, 4) is 16.9 Å². The molecule has 108 valence electrons. The lowest BCUT2D eigenvalue weighted by Gasteiger charge is -2.15. The van der Waals surface area contributed by atoms with E-state index in [1.807, 2.05) is 30.3 Å². The Morgan fingerprint density at radius 3 is 2.81 bits per heavy atom. The van der Waals surface area contributed by atoms with Crippen molar-refractivity contribution in [1.82, 2.24) is 4.90 Å². The van der Waals surface area contributed by atoms with Gasteiger partial charge in [0.1, 0.15) is 12.4 Å². The van der Waals surface area contributed by atoms with Crippen LogP contribution in [0.15, 0.2) is 42.5 Å². The Labute approximate surface area is 123 Å². The second-order valence-electron chi connectivity index (χ2n) is 5.19. The summed E-state index contributed by atoms with van der Waals surface area (Å²) in [6.45, 7) is 3.22. The van der Waals surface area contributed by atoms with Crippen molar-refractivity contribution >= 4 is 6.09 Å². The molecule has 1 aliphatic rings. The second-order valence-corrected chi connectivity index (χ2v) is 5.19. The molecule has 0 radical (unpaired) electrons. The minimum absolute atomic E-state index is 0.365. The quantitative estimate of drug-likeness (QED) is 0.871. The van der Waals surface area contributed by atoms with Crippen molar-refractivity contribution in [2.24, 2.45) is 0 Å². The molecule has 4 heteroatoms. The zero-order valence-corrected chi connectivity index (χ0v) is 11.9. The summed E-state index contributed by atoms with van der Waals surface area (Å²) >= 11 is 0. The average molecular weight is 283 g/mol. The normalized spacial score (nSPS) is 14.0. The summed E-state index contributed by atoms with van der Waals surface area (Å²) in [5.41, 5.74) is 4.35. The van der Waals surface area contributed by atoms with Gasteiger partial charge in [0.25, 0.3) is 0 Å². The largest absolute Gasteiger partial charge is 0.491 e. The number of fused-ring (bicyclic) bond motifs is 1. The van der Waals surface area contributed by atoms with E-state index in [0.717, 1.165) is 22.4 Å². The molecule has 0 unspecified atom stereocenters. The van der Waals surface area contributed by atoms with E-state index >= 15 is 0 Å². The van der Waals surface area contributed by atoms with Crippen molar-refractivity contribution in [3.05, 3.63) is 53.6 Å². The monoisotopic (exact) mass is 283 g/mol.